The van der Waals surface area contributed by atoms with Crippen LogP contribution in [0.25, 0.3) is 0 Å². The Hall–Kier alpha value is 0.532. The summed E-state index contributed by atoms with van der Waals surface area (Å²) in [6.45, 7) is 0. The van der Waals surface area contributed by atoms with Gasteiger partial charge in [0.1, 0.15) is 0 Å². The third kappa shape index (κ3) is 12300. The summed E-state index contributed by atoms with van der Waals surface area (Å²) in [5.74, 6) is 0. The Labute approximate surface area is 118 Å². The number of hydrogen-bond donors (Lipinski definition) is 0. The molecule has 0 unspecified atom stereocenters. The van der Waals surface area contributed by atoms with Gasteiger partial charge in [-0.05, 0) is 0 Å². The average molecular weight is 507 g/mol. The molecule has 0 saturated heterocycles. The summed E-state index contributed by atoms with van der Waals surface area (Å²) in [5, 5.41) is 0. The van der Waals surface area contributed by atoms with Crippen LogP contribution in [0.4, 0.5) is 0 Å². The first-order valence-corrected chi connectivity index (χ1v) is 6.00. The van der Waals surface area contributed by atoms with Crippen molar-refractivity contribution in [1.82, 2.24) is 0 Å². The summed E-state index contributed by atoms with van der Waals surface area (Å²) in [6, 6.07) is 0. The maximum Gasteiger partial charge on any atom is 4.00 e. The van der Waals surface area contributed by atoms with E-state index in [0.29, 0.717) is 0 Å². The van der Waals surface area contributed by atoms with Crippen molar-refractivity contribution in [2.45, 2.75) is 0 Å². The molecule has 0 aliphatic carbocycles. The van der Waals surface area contributed by atoms with E-state index in [9.17, 15) is 0 Å². The van der Waals surface area contributed by atoms with Crippen molar-refractivity contribution in [2.24, 2.45) is 0 Å². The van der Waals surface area contributed by atoms with Crippen molar-refractivity contribution in [3.63, 3.8) is 0 Å². The van der Waals surface area contributed by atoms with Crippen molar-refractivity contribution in [2.75, 3.05) is 0 Å². The summed E-state index contributed by atoms with van der Waals surface area (Å²) in [4.78, 5) is 0. The van der Waals surface area contributed by atoms with E-state index >= 15 is 0 Å². The van der Waals surface area contributed by atoms with Crippen molar-refractivity contribution in [1.29, 1.82) is 0 Å². The van der Waals surface area contributed by atoms with Crippen LogP contribution in [-0.4, -0.2) is 79.9 Å². The molecule has 12 nitrogen and oxygen atoms in total. The third-order valence-corrected chi connectivity index (χ3v) is 0. The molecule has 0 aliphatic rings. The summed E-state index contributed by atoms with van der Waals surface area (Å²) in [5.41, 5.74) is 0. The van der Waals surface area contributed by atoms with Crippen molar-refractivity contribution in [3.8, 4) is 0 Å². The fraction of sp³-hybridized carbons (Fsp3) is 0. The second-order valence-electron chi connectivity index (χ2n) is 1.22. The minimum Gasteiger partial charge on any atom is -0.759 e. The molecule has 0 aromatic heterocycles. The zero-order valence-electron chi connectivity index (χ0n) is 7.12. The molecule has 0 heterocycles. The molecule has 17 heavy (non-hydrogen) atoms. The molecule has 0 amide bonds. The van der Waals surface area contributed by atoms with Gasteiger partial charge in [-0.1, -0.05) is 0 Å². The zero-order valence-corrected chi connectivity index (χ0v) is 13.5. The average Bonchev–Trinajstić information content (AvgIpc) is 1.41. The topological polar surface area (TPSA) is 241 Å². The van der Waals surface area contributed by atoms with Gasteiger partial charge in [-0.3, -0.25) is 25.3 Å². The van der Waals surface area contributed by atoms with E-state index in [1.54, 1.807) is 0 Å². The van der Waals surface area contributed by atoms with Gasteiger partial charge < -0.3 is 27.3 Å². The van der Waals surface area contributed by atoms with Gasteiger partial charge in [-0.25, -0.2) is 0 Å². The van der Waals surface area contributed by atoms with Gasteiger partial charge >= 0.3 is 34.7 Å². The smallest absolute Gasteiger partial charge is 0.759 e. The molecule has 0 spiro atoms. The molecule has 0 aromatic rings. The van der Waals surface area contributed by atoms with Crippen LogP contribution in [0.1, 0.15) is 0 Å². The number of hydrogen-bond acceptors (Lipinski definition) is 12. The first kappa shape index (κ1) is 30.5. The number of rotatable bonds is 0. The Balaban J connectivity index is -0.0000000400. The van der Waals surface area contributed by atoms with Gasteiger partial charge in [0.15, 0.2) is 0 Å². The molecule has 2 radical (unpaired) electrons. The quantitative estimate of drug-likeness (QED) is 0.172. The second kappa shape index (κ2) is 11.6. The Bertz CT molecular complexity index is 343. The second-order valence-corrected chi connectivity index (χ2v) is 3.67. The maximum absolute atomic E-state index is 8.52. The fourth-order valence-electron chi connectivity index (χ4n) is 0. The summed E-state index contributed by atoms with van der Waals surface area (Å²) in [7, 11) is -15.5. The Morgan fingerprint density at radius 3 is 0.471 bits per heavy atom. The molecule has 0 fully saturated rings. The van der Waals surface area contributed by atoms with E-state index in [4.69, 9.17) is 52.6 Å². The van der Waals surface area contributed by atoms with Crippen molar-refractivity contribution >= 4 is 58.5 Å². The van der Waals surface area contributed by atoms with Crippen LogP contribution >= 0.6 is 0 Å². The summed E-state index contributed by atoms with van der Waals surface area (Å²) < 4.78 is 102. The normalized spacial score (nSPS) is 10.2. The zero-order chi connectivity index (χ0) is 13.5. The first-order valence-electron chi connectivity index (χ1n) is 2.00. The van der Waals surface area contributed by atoms with E-state index in [-0.39, 0.29) is 34.7 Å². The summed E-state index contributed by atoms with van der Waals surface area (Å²) >= 11 is 0. The van der Waals surface area contributed by atoms with Crippen LogP contribution in [0.15, 0.2) is 0 Å². The van der Waals surface area contributed by atoms with Gasteiger partial charge in [0.05, 0.1) is 0 Å². The van der Waals surface area contributed by atoms with E-state index in [1.807, 2.05) is 0 Å². The van der Waals surface area contributed by atoms with Crippen LogP contribution in [-0.2, 0) is 31.2 Å². The van der Waals surface area contributed by atoms with Crippen LogP contribution < -0.4 is 0 Å². The molecule has 16 heteroatoms. The van der Waals surface area contributed by atoms with Gasteiger partial charge in [0.25, 0.3) is 0 Å². The molecule has 0 N–H and O–H groups in total. The molecule has 0 aliphatic heterocycles. The van der Waals surface area contributed by atoms with E-state index in [2.05, 4.69) is 0 Å². The van der Waals surface area contributed by atoms with Gasteiger partial charge in [0.2, 0.25) is 0 Å². The minimum absolute atomic E-state index is 0. The monoisotopic (exact) mass is 508 g/mol. The van der Waals surface area contributed by atoms with Gasteiger partial charge in [0, 0.05) is 31.2 Å². The molecular formula is CO12PbS3. The molecule has 98 valence electrons. The Morgan fingerprint density at radius 1 is 0.471 bits per heavy atom. The van der Waals surface area contributed by atoms with Crippen LogP contribution in [0.5, 0.6) is 0 Å². The van der Waals surface area contributed by atoms with Gasteiger partial charge in [-0.15, -0.1) is 0 Å². The molecule has 0 rings (SSSR count). The van der Waals surface area contributed by atoms with Crippen molar-refractivity contribution < 1.29 is 52.6 Å². The molecule has 0 atom stereocenters. The predicted molar refractivity (Wildman–Crippen MR) is 40.4 cm³/mol. The van der Waals surface area contributed by atoms with Crippen LogP contribution in [0.3, 0.4) is 0 Å². The minimum atomic E-state index is -5.17. The SMILES string of the molecule is O=S(=O)([O-])[O-].O=S(=O)([O-])[O-].O=S(=O)([O-])[O-].[C+4].[Pb+2]. The maximum atomic E-state index is 8.52. The van der Waals surface area contributed by atoms with Crippen LogP contribution in [0.2, 0.25) is 0 Å². The largest absolute Gasteiger partial charge is 4.00 e. The van der Waals surface area contributed by atoms with Crippen molar-refractivity contribution in [3.05, 3.63) is 7.43 Å². The van der Waals surface area contributed by atoms with Gasteiger partial charge in [-0.2, -0.15) is 0 Å². The Kier molecular flexibility index (Phi) is 20.8. The molecule has 0 saturated carbocycles. The van der Waals surface area contributed by atoms with Crippen LogP contribution in [0, 0.1) is 7.43 Å². The summed E-state index contributed by atoms with van der Waals surface area (Å²) in [6.07, 6.45) is 0. The predicted octanol–water partition coefficient (Wildman–Crippen LogP) is -4.31. The Morgan fingerprint density at radius 2 is 0.471 bits per heavy atom. The van der Waals surface area contributed by atoms with E-state index in [1.165, 1.54) is 0 Å². The fourth-order valence-corrected chi connectivity index (χ4v) is 0. The van der Waals surface area contributed by atoms with E-state index < -0.39 is 31.2 Å². The first-order chi connectivity index (χ1) is 6.00. The molecule has 0 aromatic carbocycles. The molecular weight excluding hydrogens is 507 g/mol. The molecule has 0 bridgehead atoms. The third-order valence-electron chi connectivity index (χ3n) is 0. The van der Waals surface area contributed by atoms with E-state index in [0.717, 1.165) is 0 Å². The standard InChI is InChI=1S/C.3H2O4S.Pb/c;3*1-5(2,3)4;/h;3*(H2,1,2,3,4);/q+4;;;;+2/p-6.